The minimum atomic E-state index is 0.865. The Labute approximate surface area is 120 Å². The van der Waals surface area contributed by atoms with Crippen molar-refractivity contribution < 1.29 is 0 Å². The topological polar surface area (TPSA) is 0 Å². The molecule has 0 spiro atoms. The summed E-state index contributed by atoms with van der Waals surface area (Å²) < 4.78 is 0. The van der Waals surface area contributed by atoms with Crippen molar-refractivity contribution in [2.45, 2.75) is 77.6 Å². The van der Waals surface area contributed by atoms with Crippen LogP contribution in [0.4, 0.5) is 0 Å². The van der Waals surface area contributed by atoms with E-state index in [0.29, 0.717) is 0 Å². The summed E-state index contributed by atoms with van der Waals surface area (Å²) in [5.41, 5.74) is 0. The fourth-order valence-corrected chi connectivity index (χ4v) is 3.85. The normalized spacial score (nSPS) is 30.4. The van der Waals surface area contributed by atoms with Crippen molar-refractivity contribution in [1.29, 1.82) is 0 Å². The van der Waals surface area contributed by atoms with Crippen LogP contribution in [0.1, 0.15) is 77.6 Å². The summed E-state index contributed by atoms with van der Waals surface area (Å²) >= 11 is 0. The summed E-state index contributed by atoms with van der Waals surface area (Å²) in [6.45, 7) is 2.32. The Kier molecular flexibility index (Phi) is 6.74. The molecule has 0 heterocycles. The second-order valence-corrected chi connectivity index (χ2v) is 6.74. The first-order valence-corrected chi connectivity index (χ1v) is 8.73. The van der Waals surface area contributed by atoms with E-state index in [1.165, 1.54) is 70.6 Å². The predicted octanol–water partition coefficient (Wildman–Crippen LogP) is 6.29. The first-order valence-electron chi connectivity index (χ1n) is 8.73. The molecule has 0 aromatic heterocycles. The molecule has 0 saturated heterocycles. The first kappa shape index (κ1) is 14.9. The lowest BCUT2D eigenvalue weighted by Crippen LogP contribution is -2.12. The largest absolute Gasteiger partial charge is 0.0814 e. The molecule has 2 saturated carbocycles. The van der Waals surface area contributed by atoms with Gasteiger partial charge in [0, 0.05) is 0 Å². The Morgan fingerprint density at radius 3 is 1.89 bits per heavy atom. The third-order valence-corrected chi connectivity index (χ3v) is 5.12. The lowest BCUT2D eigenvalue weighted by atomic mass is 9.80. The summed E-state index contributed by atoms with van der Waals surface area (Å²) in [6.07, 6.45) is 25.4. The van der Waals surface area contributed by atoms with Gasteiger partial charge < -0.3 is 0 Å². The third-order valence-electron chi connectivity index (χ3n) is 5.12. The lowest BCUT2D eigenvalue weighted by molar-refractivity contribution is 0.294. The predicted molar refractivity (Wildman–Crippen MR) is 85.2 cm³/mol. The molecule has 0 N–H and O–H groups in total. The molecule has 0 aromatic rings. The van der Waals surface area contributed by atoms with Crippen LogP contribution in [0.3, 0.4) is 0 Å². The van der Waals surface area contributed by atoms with E-state index in [-0.39, 0.29) is 0 Å². The SMILES string of the molecule is CCC[C@H]1CC[C@H](C=CC=CC2CCCCC2)CC1. The summed E-state index contributed by atoms with van der Waals surface area (Å²) in [4.78, 5) is 0. The molecule has 2 rings (SSSR count). The van der Waals surface area contributed by atoms with Crippen molar-refractivity contribution >= 4 is 0 Å². The van der Waals surface area contributed by atoms with Crippen LogP contribution in [0, 0.1) is 17.8 Å². The molecule has 0 unspecified atom stereocenters. The molecule has 0 amide bonds. The molecular weight excluding hydrogens is 228 g/mol. The van der Waals surface area contributed by atoms with Gasteiger partial charge in [0.2, 0.25) is 0 Å². The lowest BCUT2D eigenvalue weighted by Gasteiger charge is -2.26. The number of hydrogen-bond donors (Lipinski definition) is 0. The van der Waals surface area contributed by atoms with Crippen molar-refractivity contribution in [3.63, 3.8) is 0 Å². The van der Waals surface area contributed by atoms with Crippen molar-refractivity contribution in [2.75, 3.05) is 0 Å². The Morgan fingerprint density at radius 1 is 0.737 bits per heavy atom. The molecule has 2 aliphatic rings. The van der Waals surface area contributed by atoms with E-state index >= 15 is 0 Å². The van der Waals surface area contributed by atoms with Crippen LogP contribution in [0.5, 0.6) is 0 Å². The van der Waals surface area contributed by atoms with Gasteiger partial charge in [-0.1, -0.05) is 63.3 Å². The molecule has 0 aliphatic heterocycles. The minimum Gasteiger partial charge on any atom is -0.0814 e. The fraction of sp³-hybridized carbons (Fsp3) is 0.789. The van der Waals surface area contributed by atoms with Gasteiger partial charge in [-0.05, 0) is 56.3 Å². The maximum atomic E-state index is 2.47. The van der Waals surface area contributed by atoms with Gasteiger partial charge in [-0.15, -0.1) is 0 Å². The average molecular weight is 260 g/mol. The number of hydrogen-bond acceptors (Lipinski definition) is 0. The summed E-state index contributed by atoms with van der Waals surface area (Å²) in [5, 5.41) is 0. The molecule has 0 nitrogen and oxygen atoms in total. The second kappa shape index (κ2) is 8.61. The molecule has 2 aliphatic carbocycles. The van der Waals surface area contributed by atoms with Crippen molar-refractivity contribution in [3.05, 3.63) is 24.3 Å². The smallest absolute Gasteiger partial charge is 0.0230 e. The Balaban J connectivity index is 1.64. The van der Waals surface area contributed by atoms with Gasteiger partial charge in [0.05, 0.1) is 0 Å². The molecule has 2 fully saturated rings. The zero-order chi connectivity index (χ0) is 13.3. The maximum absolute atomic E-state index is 2.47. The van der Waals surface area contributed by atoms with Crippen LogP contribution in [0.2, 0.25) is 0 Å². The van der Waals surface area contributed by atoms with Gasteiger partial charge in [0.1, 0.15) is 0 Å². The van der Waals surface area contributed by atoms with Crippen LogP contribution in [-0.2, 0) is 0 Å². The molecule has 0 bridgehead atoms. The Bertz CT molecular complexity index is 272. The second-order valence-electron chi connectivity index (χ2n) is 6.74. The van der Waals surface area contributed by atoms with E-state index in [1.807, 2.05) is 0 Å². The van der Waals surface area contributed by atoms with E-state index < -0.39 is 0 Å². The van der Waals surface area contributed by atoms with Crippen LogP contribution < -0.4 is 0 Å². The van der Waals surface area contributed by atoms with E-state index in [1.54, 1.807) is 0 Å². The molecule has 0 aromatic carbocycles. The van der Waals surface area contributed by atoms with Crippen molar-refractivity contribution in [3.8, 4) is 0 Å². The quantitative estimate of drug-likeness (QED) is 0.510. The van der Waals surface area contributed by atoms with Gasteiger partial charge in [0.15, 0.2) is 0 Å². The van der Waals surface area contributed by atoms with E-state index in [4.69, 9.17) is 0 Å². The van der Waals surface area contributed by atoms with E-state index in [0.717, 1.165) is 17.8 Å². The molecular formula is C19H32. The van der Waals surface area contributed by atoms with Crippen molar-refractivity contribution in [1.82, 2.24) is 0 Å². The van der Waals surface area contributed by atoms with Gasteiger partial charge in [-0.3, -0.25) is 0 Å². The highest BCUT2D eigenvalue weighted by Crippen LogP contribution is 2.32. The maximum Gasteiger partial charge on any atom is -0.0230 e. The number of allylic oxidation sites excluding steroid dienone is 4. The van der Waals surface area contributed by atoms with Crippen LogP contribution >= 0.6 is 0 Å². The minimum absolute atomic E-state index is 0.865. The van der Waals surface area contributed by atoms with E-state index in [2.05, 4.69) is 31.2 Å². The first-order chi connectivity index (χ1) is 9.38. The van der Waals surface area contributed by atoms with Crippen molar-refractivity contribution in [2.24, 2.45) is 17.8 Å². The Morgan fingerprint density at radius 2 is 1.32 bits per heavy atom. The van der Waals surface area contributed by atoms with Gasteiger partial charge in [0.25, 0.3) is 0 Å². The zero-order valence-corrected chi connectivity index (χ0v) is 12.8. The highest BCUT2D eigenvalue weighted by molar-refractivity contribution is 5.06. The van der Waals surface area contributed by atoms with Gasteiger partial charge >= 0.3 is 0 Å². The third kappa shape index (κ3) is 5.55. The molecule has 0 radical (unpaired) electrons. The fourth-order valence-electron chi connectivity index (χ4n) is 3.85. The Hall–Kier alpha value is -0.520. The summed E-state index contributed by atoms with van der Waals surface area (Å²) in [5.74, 6) is 2.77. The number of rotatable bonds is 5. The van der Waals surface area contributed by atoms with Crippen LogP contribution in [0.25, 0.3) is 0 Å². The monoisotopic (exact) mass is 260 g/mol. The summed E-state index contributed by atoms with van der Waals surface area (Å²) in [6, 6.07) is 0. The molecule has 19 heavy (non-hydrogen) atoms. The van der Waals surface area contributed by atoms with E-state index in [9.17, 15) is 0 Å². The van der Waals surface area contributed by atoms with Gasteiger partial charge in [-0.25, -0.2) is 0 Å². The highest BCUT2D eigenvalue weighted by Gasteiger charge is 2.18. The molecule has 108 valence electrons. The molecule has 0 heteroatoms. The molecule has 0 atom stereocenters. The van der Waals surface area contributed by atoms with Gasteiger partial charge in [-0.2, -0.15) is 0 Å². The van der Waals surface area contributed by atoms with Crippen LogP contribution in [-0.4, -0.2) is 0 Å². The average Bonchev–Trinajstić information content (AvgIpc) is 2.47. The standard InChI is InChI=1S/C19H32/c1-2-8-17-13-15-19(16-14-17)12-7-6-11-18-9-4-3-5-10-18/h6-7,11-12,17-19H,2-5,8-10,13-16H2,1H3/t17-,19-. The zero-order valence-electron chi connectivity index (χ0n) is 12.8. The van der Waals surface area contributed by atoms with Crippen LogP contribution in [0.15, 0.2) is 24.3 Å². The summed E-state index contributed by atoms with van der Waals surface area (Å²) in [7, 11) is 0. The highest BCUT2D eigenvalue weighted by atomic mass is 14.2.